The van der Waals surface area contributed by atoms with E-state index in [2.05, 4.69) is 10.2 Å². The third kappa shape index (κ3) is 3.17. The van der Waals surface area contributed by atoms with Crippen molar-refractivity contribution in [3.8, 4) is 5.69 Å². The van der Waals surface area contributed by atoms with E-state index in [1.165, 1.54) is 11.0 Å². The number of carbonyl (C=O) groups excluding carboxylic acids is 1. The number of para-hydroxylation sites is 1. The summed E-state index contributed by atoms with van der Waals surface area (Å²) in [5.74, 6) is 0.352. The van der Waals surface area contributed by atoms with E-state index in [1.807, 2.05) is 42.2 Å². The van der Waals surface area contributed by atoms with Gasteiger partial charge < -0.3 is 9.64 Å². The molecule has 1 aromatic carbocycles. The molecule has 1 amide bonds. The van der Waals surface area contributed by atoms with Crippen LogP contribution < -0.4 is 0 Å². The Labute approximate surface area is 129 Å². The van der Waals surface area contributed by atoms with Crippen molar-refractivity contribution in [1.82, 2.24) is 19.9 Å². The van der Waals surface area contributed by atoms with Gasteiger partial charge in [-0.15, -0.1) is 5.10 Å². The van der Waals surface area contributed by atoms with Crippen molar-refractivity contribution in [3.05, 3.63) is 42.2 Å². The average Bonchev–Trinajstić information content (AvgIpc) is 3.24. The number of hydrogen-bond acceptors (Lipinski definition) is 4. The average molecular weight is 300 g/mol. The summed E-state index contributed by atoms with van der Waals surface area (Å²) in [7, 11) is 0. The van der Waals surface area contributed by atoms with E-state index < -0.39 is 0 Å². The van der Waals surface area contributed by atoms with Gasteiger partial charge in [-0.25, -0.2) is 0 Å². The van der Waals surface area contributed by atoms with E-state index in [1.54, 1.807) is 0 Å². The lowest BCUT2D eigenvalue weighted by Gasteiger charge is -2.22. The Kier molecular flexibility index (Phi) is 4.48. The Hall–Kier alpha value is -2.21. The lowest BCUT2D eigenvalue weighted by atomic mass is 10.1. The first-order chi connectivity index (χ1) is 10.8. The molecule has 0 saturated carbocycles. The van der Waals surface area contributed by atoms with Crippen molar-refractivity contribution in [1.29, 1.82) is 0 Å². The number of ether oxygens (including phenoxy) is 1. The highest BCUT2D eigenvalue weighted by atomic mass is 16.5. The molecule has 0 radical (unpaired) electrons. The maximum atomic E-state index is 12.6. The molecule has 0 N–H and O–H groups in total. The fourth-order valence-corrected chi connectivity index (χ4v) is 2.60. The second kappa shape index (κ2) is 6.70. The minimum absolute atomic E-state index is 0.0726. The van der Waals surface area contributed by atoms with Gasteiger partial charge in [0.1, 0.15) is 0 Å². The Morgan fingerprint density at radius 2 is 2.23 bits per heavy atom. The summed E-state index contributed by atoms with van der Waals surface area (Å²) in [6.07, 6.45) is 2.55. The monoisotopic (exact) mass is 300 g/mol. The summed E-state index contributed by atoms with van der Waals surface area (Å²) in [5, 5.41) is 8.50. The predicted octanol–water partition coefficient (Wildman–Crippen LogP) is 1.77. The van der Waals surface area contributed by atoms with Crippen LogP contribution in [-0.4, -0.2) is 52.1 Å². The molecule has 0 bridgehead atoms. The van der Waals surface area contributed by atoms with Crippen molar-refractivity contribution in [2.75, 3.05) is 26.3 Å². The molecule has 3 rings (SSSR count). The summed E-state index contributed by atoms with van der Waals surface area (Å²) in [6.45, 7) is 4.89. The van der Waals surface area contributed by atoms with Gasteiger partial charge >= 0.3 is 0 Å². The molecule has 2 aromatic rings. The molecule has 1 atom stereocenters. The predicted molar refractivity (Wildman–Crippen MR) is 81.9 cm³/mol. The summed E-state index contributed by atoms with van der Waals surface area (Å²) >= 11 is 0. The van der Waals surface area contributed by atoms with E-state index in [0.717, 1.165) is 25.3 Å². The van der Waals surface area contributed by atoms with E-state index in [-0.39, 0.29) is 5.91 Å². The number of carbonyl (C=O) groups is 1. The third-order valence-electron chi connectivity index (χ3n) is 3.87. The van der Waals surface area contributed by atoms with Gasteiger partial charge in [-0.3, -0.25) is 4.79 Å². The van der Waals surface area contributed by atoms with Crippen molar-refractivity contribution in [2.45, 2.75) is 13.3 Å². The Balaban J connectivity index is 1.72. The number of benzene rings is 1. The number of nitrogens with zero attached hydrogens (tertiary/aromatic N) is 4. The highest BCUT2D eigenvalue weighted by molar-refractivity contribution is 5.91. The second-order valence-electron chi connectivity index (χ2n) is 5.43. The lowest BCUT2D eigenvalue weighted by Crippen LogP contribution is -2.35. The molecule has 1 unspecified atom stereocenters. The Bertz CT molecular complexity index is 620. The largest absolute Gasteiger partial charge is 0.381 e. The van der Waals surface area contributed by atoms with Gasteiger partial charge in [-0.1, -0.05) is 18.2 Å². The molecule has 2 heterocycles. The van der Waals surface area contributed by atoms with Crippen LogP contribution in [0.15, 0.2) is 36.5 Å². The zero-order valence-electron chi connectivity index (χ0n) is 12.7. The summed E-state index contributed by atoms with van der Waals surface area (Å²) in [6, 6.07) is 9.57. The highest BCUT2D eigenvalue weighted by Crippen LogP contribution is 2.15. The smallest absolute Gasteiger partial charge is 0.276 e. The number of hydrogen-bond donors (Lipinski definition) is 0. The summed E-state index contributed by atoms with van der Waals surface area (Å²) in [4.78, 5) is 15.9. The van der Waals surface area contributed by atoms with Gasteiger partial charge in [-0.05, 0) is 25.5 Å². The minimum Gasteiger partial charge on any atom is -0.381 e. The fraction of sp³-hybridized carbons (Fsp3) is 0.438. The van der Waals surface area contributed by atoms with Crippen LogP contribution in [0.4, 0.5) is 0 Å². The molecule has 1 saturated heterocycles. The zero-order chi connectivity index (χ0) is 15.4. The molecule has 6 heteroatoms. The molecule has 1 fully saturated rings. The lowest BCUT2D eigenvalue weighted by molar-refractivity contribution is 0.0724. The van der Waals surface area contributed by atoms with Gasteiger partial charge in [0.2, 0.25) is 0 Å². The third-order valence-corrected chi connectivity index (χ3v) is 3.87. The maximum absolute atomic E-state index is 12.6. The standard InChI is InChI=1S/C16H20N4O2/c1-2-19(11-13-8-9-22-12-13)16(21)15-10-17-20(18-15)14-6-4-3-5-7-14/h3-7,10,13H,2,8-9,11-12H2,1H3. The zero-order valence-corrected chi connectivity index (χ0v) is 12.7. The van der Waals surface area contributed by atoms with E-state index in [0.29, 0.717) is 24.7 Å². The highest BCUT2D eigenvalue weighted by Gasteiger charge is 2.24. The molecule has 1 aromatic heterocycles. The first-order valence-corrected chi connectivity index (χ1v) is 7.62. The van der Waals surface area contributed by atoms with Crippen LogP contribution in [0.25, 0.3) is 5.69 Å². The molecule has 1 aliphatic heterocycles. The van der Waals surface area contributed by atoms with Crippen LogP contribution in [0.1, 0.15) is 23.8 Å². The fourth-order valence-electron chi connectivity index (χ4n) is 2.60. The molecule has 0 aliphatic carbocycles. The van der Waals surface area contributed by atoms with E-state index in [9.17, 15) is 4.79 Å². The van der Waals surface area contributed by atoms with Crippen molar-refractivity contribution in [2.24, 2.45) is 5.92 Å². The van der Waals surface area contributed by atoms with Gasteiger partial charge in [0, 0.05) is 25.6 Å². The van der Waals surface area contributed by atoms with Crippen molar-refractivity contribution < 1.29 is 9.53 Å². The first-order valence-electron chi connectivity index (χ1n) is 7.62. The van der Waals surface area contributed by atoms with Crippen LogP contribution in [0.2, 0.25) is 0 Å². The van der Waals surface area contributed by atoms with Crippen LogP contribution >= 0.6 is 0 Å². The van der Waals surface area contributed by atoms with Crippen LogP contribution in [-0.2, 0) is 4.74 Å². The topological polar surface area (TPSA) is 60.2 Å². The number of rotatable bonds is 5. The minimum atomic E-state index is -0.0726. The SMILES string of the molecule is CCN(CC1CCOC1)C(=O)c1cnn(-c2ccccc2)n1. The van der Waals surface area contributed by atoms with Crippen LogP contribution in [0.3, 0.4) is 0 Å². The maximum Gasteiger partial charge on any atom is 0.276 e. The molecular weight excluding hydrogens is 280 g/mol. The van der Waals surface area contributed by atoms with Gasteiger partial charge in [0.15, 0.2) is 5.69 Å². The normalized spacial score (nSPS) is 17.6. The quantitative estimate of drug-likeness (QED) is 0.844. The molecule has 0 spiro atoms. The van der Waals surface area contributed by atoms with Crippen molar-refractivity contribution in [3.63, 3.8) is 0 Å². The van der Waals surface area contributed by atoms with Crippen LogP contribution in [0.5, 0.6) is 0 Å². The van der Waals surface area contributed by atoms with Crippen molar-refractivity contribution >= 4 is 5.91 Å². The molecule has 6 nitrogen and oxygen atoms in total. The summed E-state index contributed by atoms with van der Waals surface area (Å²) < 4.78 is 5.38. The molecule has 22 heavy (non-hydrogen) atoms. The van der Waals surface area contributed by atoms with Gasteiger partial charge in [0.05, 0.1) is 18.5 Å². The molecule has 116 valence electrons. The number of aromatic nitrogens is 3. The van der Waals surface area contributed by atoms with Crippen LogP contribution in [0, 0.1) is 5.92 Å². The van der Waals surface area contributed by atoms with Gasteiger partial charge in [-0.2, -0.15) is 9.90 Å². The Morgan fingerprint density at radius 1 is 1.41 bits per heavy atom. The summed E-state index contributed by atoms with van der Waals surface area (Å²) in [5.41, 5.74) is 1.22. The van der Waals surface area contributed by atoms with E-state index in [4.69, 9.17) is 4.74 Å². The molecule has 1 aliphatic rings. The second-order valence-corrected chi connectivity index (χ2v) is 5.43. The van der Waals surface area contributed by atoms with E-state index >= 15 is 0 Å². The Morgan fingerprint density at radius 3 is 2.91 bits per heavy atom. The molecular formula is C16H20N4O2. The number of amides is 1. The van der Waals surface area contributed by atoms with Gasteiger partial charge in [0.25, 0.3) is 5.91 Å². The first kappa shape index (κ1) is 14.7.